The van der Waals surface area contributed by atoms with Crippen molar-refractivity contribution in [1.29, 1.82) is 0 Å². The van der Waals surface area contributed by atoms with Crippen molar-refractivity contribution in [1.82, 2.24) is 0 Å². The molecular weight excluding hydrogens is 456 g/mol. The van der Waals surface area contributed by atoms with E-state index in [1.54, 1.807) is 18.2 Å². The Morgan fingerprint density at radius 1 is 1.00 bits per heavy atom. The van der Waals surface area contributed by atoms with Gasteiger partial charge in [-0.15, -0.1) is 18.7 Å². The number of hydrogen-bond donors (Lipinski definition) is 1. The molecule has 0 fully saturated rings. The number of ketones is 2. The van der Waals surface area contributed by atoms with Gasteiger partial charge in [-0.25, -0.2) is 8.42 Å². The molecule has 30 heavy (non-hydrogen) atoms. The zero-order valence-corrected chi connectivity index (χ0v) is 21.4. The van der Waals surface area contributed by atoms with Gasteiger partial charge in [0.25, 0.3) is 0 Å². The van der Waals surface area contributed by atoms with Gasteiger partial charge in [-0.05, 0) is 17.7 Å². The molecule has 9 nitrogen and oxygen atoms in total. The molecule has 0 saturated carbocycles. The van der Waals surface area contributed by atoms with Crippen LogP contribution in [-0.4, -0.2) is 37.2 Å². The molecule has 2 aliphatic rings. The number of rotatable bonds is 1. The van der Waals surface area contributed by atoms with Crippen molar-refractivity contribution >= 4 is 38.0 Å². The SMILES string of the molecule is O=C1/C(=C2\Nc3cc[c-]cc3C2=O)Cc2ccc(S(=O)(=O)[O-])cc21.O=S(=O)=O.[Na+].[Na+]. The zero-order chi connectivity index (χ0) is 20.6. The van der Waals surface area contributed by atoms with Gasteiger partial charge in [0.05, 0.1) is 10.6 Å². The molecule has 2 aromatic rings. The molecule has 0 radical (unpaired) electrons. The molecule has 0 saturated heterocycles. The molecule has 2 aromatic carbocycles. The minimum absolute atomic E-state index is 0. The Morgan fingerprint density at radius 3 is 2.20 bits per heavy atom. The van der Waals surface area contributed by atoms with E-state index in [-0.39, 0.29) is 88.2 Å². The van der Waals surface area contributed by atoms with E-state index in [0.29, 0.717) is 16.8 Å². The molecule has 0 spiro atoms. The number of carbonyl (C=O) groups excluding carboxylic acids is 2. The number of fused-ring (bicyclic) bond motifs is 2. The molecule has 1 heterocycles. The van der Waals surface area contributed by atoms with Crippen molar-refractivity contribution in [2.24, 2.45) is 0 Å². The van der Waals surface area contributed by atoms with Crippen LogP contribution in [0.1, 0.15) is 26.3 Å². The van der Waals surface area contributed by atoms with Crippen LogP contribution in [0.4, 0.5) is 5.69 Å². The quantitative estimate of drug-likeness (QED) is 0.188. The average Bonchev–Trinajstić information content (AvgIpc) is 3.11. The monoisotopic (exact) mass is 465 g/mol. The standard InChI is InChI=1S/C17H10NO5S.2Na.O3S/c19-16-12-8-10(24(21,22)23)6-5-9(12)7-13(16)15-17(20)11-3-1-2-4-14(11)18-15;;;1-4(2)3/h2-6,8,18H,7H2,(H,21,22,23);;;/q-1;2*+1;/p-1/b15-13-;;;. The number of carbonyl (C=O) groups is 2. The Bertz CT molecular complexity index is 1280. The number of nitrogens with one attached hydrogen (secondary N) is 1. The molecule has 13 heteroatoms. The van der Waals surface area contributed by atoms with E-state index in [0.717, 1.165) is 6.07 Å². The molecule has 1 aliphatic heterocycles. The molecular formula is C17H9NNa2O8S2. The second-order valence-electron chi connectivity index (χ2n) is 5.76. The fraction of sp³-hybridized carbons (Fsp3) is 0.0588. The third-order valence-electron chi connectivity index (χ3n) is 4.15. The molecule has 144 valence electrons. The third-order valence-corrected chi connectivity index (χ3v) is 4.98. The smallest absolute Gasteiger partial charge is 0.744 e. The summed E-state index contributed by atoms with van der Waals surface area (Å²) in [7, 11) is -7.75. The van der Waals surface area contributed by atoms with E-state index in [4.69, 9.17) is 12.6 Å². The molecule has 0 bridgehead atoms. The summed E-state index contributed by atoms with van der Waals surface area (Å²) < 4.78 is 58.7. The zero-order valence-electron chi connectivity index (χ0n) is 15.8. The summed E-state index contributed by atoms with van der Waals surface area (Å²) in [6.07, 6.45) is 0.207. The predicted octanol–water partition coefficient (Wildman–Crippen LogP) is -5.30. The summed E-state index contributed by atoms with van der Waals surface area (Å²) in [5, 5.41) is 2.95. The van der Waals surface area contributed by atoms with Crippen molar-refractivity contribution in [2.75, 3.05) is 5.32 Å². The van der Waals surface area contributed by atoms with Crippen LogP contribution < -0.4 is 64.4 Å². The van der Waals surface area contributed by atoms with Crippen LogP contribution >= 0.6 is 0 Å². The van der Waals surface area contributed by atoms with E-state index >= 15 is 0 Å². The van der Waals surface area contributed by atoms with Gasteiger partial charge >= 0.3 is 69.7 Å². The second-order valence-corrected chi connectivity index (χ2v) is 7.55. The number of anilines is 1. The Labute approximate surface area is 217 Å². The maximum atomic E-state index is 12.6. The van der Waals surface area contributed by atoms with Gasteiger partial charge in [0.1, 0.15) is 10.1 Å². The first-order chi connectivity index (χ1) is 13.1. The molecule has 4 rings (SSSR count). The second kappa shape index (κ2) is 10.4. The molecule has 0 atom stereocenters. The molecule has 1 N–H and O–H groups in total. The van der Waals surface area contributed by atoms with Gasteiger partial charge in [0, 0.05) is 17.6 Å². The van der Waals surface area contributed by atoms with E-state index in [2.05, 4.69) is 11.4 Å². The minimum atomic E-state index is -4.64. The fourth-order valence-electron chi connectivity index (χ4n) is 2.98. The topological polar surface area (TPSA) is 155 Å². The van der Waals surface area contributed by atoms with Crippen LogP contribution in [-0.2, 0) is 27.1 Å². The summed E-state index contributed by atoms with van der Waals surface area (Å²) in [5.74, 6) is -0.738. The van der Waals surface area contributed by atoms with Gasteiger partial charge in [0.2, 0.25) is 0 Å². The van der Waals surface area contributed by atoms with Crippen molar-refractivity contribution < 1.29 is 94.3 Å². The van der Waals surface area contributed by atoms with Gasteiger partial charge < -0.3 is 14.7 Å². The van der Waals surface area contributed by atoms with E-state index in [1.807, 2.05) is 0 Å². The van der Waals surface area contributed by atoms with Gasteiger partial charge in [-0.1, -0.05) is 17.3 Å². The largest absolute Gasteiger partial charge is 1.00 e. The Balaban J connectivity index is 0.000000692. The normalized spacial score (nSPS) is 16.2. The van der Waals surface area contributed by atoms with Crippen molar-refractivity contribution in [3.8, 4) is 0 Å². The first-order valence-electron chi connectivity index (χ1n) is 7.55. The van der Waals surface area contributed by atoms with Crippen LogP contribution in [0.25, 0.3) is 0 Å². The molecule has 0 amide bonds. The maximum Gasteiger partial charge on any atom is 1.00 e. The summed E-state index contributed by atoms with van der Waals surface area (Å²) in [5.41, 5.74) is 2.24. The first kappa shape index (κ1) is 26.9. The summed E-state index contributed by atoms with van der Waals surface area (Å²) in [4.78, 5) is 24.6. The van der Waals surface area contributed by atoms with Crippen LogP contribution in [0.15, 0.2) is 52.6 Å². The first-order valence-corrected chi connectivity index (χ1v) is 9.95. The van der Waals surface area contributed by atoms with Crippen LogP contribution in [0.2, 0.25) is 0 Å². The van der Waals surface area contributed by atoms with Crippen LogP contribution in [0, 0.1) is 6.07 Å². The third kappa shape index (κ3) is 5.55. The Kier molecular flexibility index (Phi) is 9.36. The molecule has 1 aliphatic carbocycles. The van der Waals surface area contributed by atoms with E-state index in [9.17, 15) is 22.6 Å². The number of hydrogen-bond acceptors (Lipinski definition) is 9. The molecule has 0 aromatic heterocycles. The summed E-state index contributed by atoms with van der Waals surface area (Å²) in [6, 6.07) is 11.4. The fourth-order valence-corrected chi connectivity index (χ4v) is 3.47. The van der Waals surface area contributed by atoms with E-state index in [1.165, 1.54) is 12.1 Å². The van der Waals surface area contributed by atoms with Crippen molar-refractivity contribution in [2.45, 2.75) is 11.3 Å². The maximum absolute atomic E-state index is 12.6. The van der Waals surface area contributed by atoms with Crippen LogP contribution in [0.3, 0.4) is 0 Å². The van der Waals surface area contributed by atoms with Crippen LogP contribution in [0.5, 0.6) is 0 Å². The Morgan fingerprint density at radius 2 is 1.63 bits per heavy atom. The molecule has 0 unspecified atom stereocenters. The van der Waals surface area contributed by atoms with Gasteiger partial charge in [0.15, 0.2) is 11.6 Å². The Hall–Kier alpha value is -1.15. The summed E-state index contributed by atoms with van der Waals surface area (Å²) >= 11 is 0. The van der Waals surface area contributed by atoms with Crippen molar-refractivity contribution in [3.63, 3.8) is 0 Å². The minimum Gasteiger partial charge on any atom is -0.744 e. The van der Waals surface area contributed by atoms with Gasteiger partial charge in [-0.3, -0.25) is 4.79 Å². The average molecular weight is 465 g/mol. The van der Waals surface area contributed by atoms with Crippen molar-refractivity contribution in [3.05, 3.63) is 70.4 Å². The van der Waals surface area contributed by atoms with E-state index < -0.39 is 31.4 Å². The number of allylic oxidation sites excluding steroid dienone is 2. The number of Topliss-reactive ketones (excluding diaryl/α,β-unsaturated/α-hetero) is 2. The summed E-state index contributed by atoms with van der Waals surface area (Å²) in [6.45, 7) is 0. The number of benzene rings is 2. The van der Waals surface area contributed by atoms with Gasteiger partial charge in [-0.2, -0.15) is 18.2 Å². The predicted molar refractivity (Wildman–Crippen MR) is 92.4 cm³/mol.